The van der Waals surface area contributed by atoms with E-state index in [1.54, 1.807) is 15.6 Å². The second-order valence-corrected chi connectivity index (χ2v) is 5.15. The van der Waals surface area contributed by atoms with E-state index in [0.29, 0.717) is 18.0 Å². The average Bonchev–Trinajstić information content (AvgIpc) is 3.17. The standard InChI is InChI=1S/C14H18N4O/c1-17(13(8-15)10-5-6-10)14(19)11-9-16-18-7-3-2-4-12(11)18/h2-4,7,9-10,13H,5-6,8,15H2,1H3. The summed E-state index contributed by atoms with van der Waals surface area (Å²) in [6.07, 6.45) is 5.82. The first kappa shape index (κ1) is 12.2. The molecule has 0 saturated heterocycles. The Labute approximate surface area is 112 Å². The van der Waals surface area contributed by atoms with Crippen LogP contribution in [0.4, 0.5) is 0 Å². The monoisotopic (exact) mass is 258 g/mol. The highest BCUT2D eigenvalue weighted by Crippen LogP contribution is 2.35. The maximum Gasteiger partial charge on any atom is 0.257 e. The SMILES string of the molecule is CN(C(=O)c1cnn2ccccc12)C(CN)C1CC1. The normalized spacial score (nSPS) is 16.5. The van der Waals surface area contributed by atoms with Crippen molar-refractivity contribution in [2.24, 2.45) is 11.7 Å². The minimum absolute atomic E-state index is 0.00329. The Morgan fingerprint density at radius 2 is 2.37 bits per heavy atom. The second kappa shape index (κ2) is 4.66. The number of amides is 1. The maximum absolute atomic E-state index is 12.6. The number of nitrogens with zero attached hydrogens (tertiary/aromatic N) is 3. The van der Waals surface area contributed by atoms with Gasteiger partial charge in [-0.3, -0.25) is 4.79 Å². The van der Waals surface area contributed by atoms with Gasteiger partial charge < -0.3 is 10.6 Å². The van der Waals surface area contributed by atoms with Gasteiger partial charge in [0.2, 0.25) is 0 Å². The van der Waals surface area contributed by atoms with Crippen molar-refractivity contribution in [3.8, 4) is 0 Å². The second-order valence-electron chi connectivity index (χ2n) is 5.15. The van der Waals surface area contributed by atoms with Crippen molar-refractivity contribution >= 4 is 11.4 Å². The van der Waals surface area contributed by atoms with Crippen LogP contribution < -0.4 is 5.73 Å². The molecule has 1 saturated carbocycles. The molecule has 0 spiro atoms. The molecule has 3 rings (SSSR count). The number of carbonyl (C=O) groups is 1. The van der Waals surface area contributed by atoms with E-state index < -0.39 is 0 Å². The van der Waals surface area contributed by atoms with Crippen LogP contribution in [0.1, 0.15) is 23.2 Å². The fourth-order valence-corrected chi connectivity index (χ4v) is 2.59. The summed E-state index contributed by atoms with van der Waals surface area (Å²) in [5.41, 5.74) is 7.28. The van der Waals surface area contributed by atoms with Crippen molar-refractivity contribution in [1.29, 1.82) is 0 Å². The third-order valence-electron chi connectivity index (χ3n) is 3.88. The molecule has 5 nitrogen and oxygen atoms in total. The van der Waals surface area contributed by atoms with Crippen LogP contribution in [0.25, 0.3) is 5.52 Å². The van der Waals surface area contributed by atoms with Gasteiger partial charge in [-0.15, -0.1) is 0 Å². The van der Waals surface area contributed by atoms with E-state index in [1.165, 1.54) is 12.8 Å². The molecule has 2 aromatic heterocycles. The molecule has 0 bridgehead atoms. The van der Waals surface area contributed by atoms with Gasteiger partial charge in [0.1, 0.15) is 0 Å². The molecule has 1 fully saturated rings. The zero-order valence-electron chi connectivity index (χ0n) is 11.0. The summed E-state index contributed by atoms with van der Waals surface area (Å²) in [5, 5.41) is 4.21. The lowest BCUT2D eigenvalue weighted by Crippen LogP contribution is -2.43. The van der Waals surface area contributed by atoms with E-state index >= 15 is 0 Å². The summed E-state index contributed by atoms with van der Waals surface area (Å²) in [6, 6.07) is 5.86. The van der Waals surface area contributed by atoms with Crippen LogP contribution >= 0.6 is 0 Å². The lowest BCUT2D eigenvalue weighted by Gasteiger charge is -2.26. The molecule has 2 heterocycles. The summed E-state index contributed by atoms with van der Waals surface area (Å²) in [6.45, 7) is 0.520. The molecule has 2 aromatic rings. The lowest BCUT2D eigenvalue weighted by molar-refractivity contribution is 0.0720. The van der Waals surface area contributed by atoms with E-state index in [-0.39, 0.29) is 11.9 Å². The van der Waals surface area contributed by atoms with Gasteiger partial charge in [-0.2, -0.15) is 5.10 Å². The van der Waals surface area contributed by atoms with Crippen molar-refractivity contribution in [1.82, 2.24) is 14.5 Å². The summed E-state index contributed by atoms with van der Waals surface area (Å²) >= 11 is 0. The lowest BCUT2D eigenvalue weighted by atomic mass is 10.1. The highest BCUT2D eigenvalue weighted by molar-refractivity contribution is 6.00. The highest BCUT2D eigenvalue weighted by Gasteiger charge is 2.35. The molecule has 0 radical (unpaired) electrons. The molecule has 19 heavy (non-hydrogen) atoms. The first-order chi connectivity index (χ1) is 9.22. The zero-order chi connectivity index (χ0) is 13.4. The molecule has 100 valence electrons. The van der Waals surface area contributed by atoms with Gasteiger partial charge >= 0.3 is 0 Å². The van der Waals surface area contributed by atoms with Gasteiger partial charge in [-0.1, -0.05) is 6.07 Å². The predicted molar refractivity (Wildman–Crippen MR) is 72.9 cm³/mol. The van der Waals surface area contributed by atoms with Crippen molar-refractivity contribution in [2.45, 2.75) is 18.9 Å². The van der Waals surface area contributed by atoms with Crippen LogP contribution in [0, 0.1) is 5.92 Å². The quantitative estimate of drug-likeness (QED) is 0.894. The van der Waals surface area contributed by atoms with Crippen molar-refractivity contribution in [3.63, 3.8) is 0 Å². The average molecular weight is 258 g/mol. The number of likely N-dealkylation sites (N-methyl/N-ethyl adjacent to an activating group) is 1. The summed E-state index contributed by atoms with van der Waals surface area (Å²) < 4.78 is 1.72. The van der Waals surface area contributed by atoms with E-state index in [4.69, 9.17) is 5.73 Å². The number of hydrogen-bond donors (Lipinski definition) is 1. The first-order valence-electron chi connectivity index (χ1n) is 6.62. The van der Waals surface area contributed by atoms with Crippen LogP contribution in [-0.2, 0) is 0 Å². The molecule has 0 aromatic carbocycles. The zero-order valence-corrected chi connectivity index (χ0v) is 11.0. The van der Waals surface area contributed by atoms with E-state index in [2.05, 4.69) is 5.10 Å². The van der Waals surface area contributed by atoms with Crippen LogP contribution in [0.2, 0.25) is 0 Å². The van der Waals surface area contributed by atoms with Crippen LogP contribution in [0.5, 0.6) is 0 Å². The Morgan fingerprint density at radius 3 is 3.05 bits per heavy atom. The summed E-state index contributed by atoms with van der Waals surface area (Å²) in [7, 11) is 1.84. The molecule has 5 heteroatoms. The van der Waals surface area contributed by atoms with E-state index in [0.717, 1.165) is 5.52 Å². The molecule has 1 atom stereocenters. The molecular weight excluding hydrogens is 240 g/mol. The largest absolute Gasteiger partial charge is 0.337 e. The topological polar surface area (TPSA) is 63.6 Å². The predicted octanol–water partition coefficient (Wildman–Crippen LogP) is 1.14. The highest BCUT2D eigenvalue weighted by atomic mass is 16.2. The number of nitrogens with two attached hydrogens (primary N) is 1. The fourth-order valence-electron chi connectivity index (χ4n) is 2.59. The first-order valence-corrected chi connectivity index (χ1v) is 6.62. The number of aromatic nitrogens is 2. The molecule has 1 aliphatic rings. The van der Waals surface area contributed by atoms with Crippen LogP contribution in [0.15, 0.2) is 30.6 Å². The number of hydrogen-bond acceptors (Lipinski definition) is 3. The van der Waals surface area contributed by atoms with Gasteiger partial charge in [-0.05, 0) is 30.9 Å². The van der Waals surface area contributed by atoms with Gasteiger partial charge in [-0.25, -0.2) is 4.52 Å². The smallest absolute Gasteiger partial charge is 0.257 e. The molecule has 1 aliphatic carbocycles. The third kappa shape index (κ3) is 2.10. The Hall–Kier alpha value is -1.88. The van der Waals surface area contributed by atoms with Gasteiger partial charge in [0.15, 0.2) is 0 Å². The van der Waals surface area contributed by atoms with E-state index in [9.17, 15) is 4.79 Å². The van der Waals surface area contributed by atoms with E-state index in [1.807, 2.05) is 31.4 Å². The molecular formula is C14H18N4O. The molecule has 0 aliphatic heterocycles. The van der Waals surface area contributed by atoms with Crippen molar-refractivity contribution in [2.75, 3.05) is 13.6 Å². The minimum Gasteiger partial charge on any atom is -0.337 e. The number of carbonyl (C=O) groups excluding carboxylic acids is 1. The Balaban J connectivity index is 1.90. The number of pyridine rings is 1. The Morgan fingerprint density at radius 1 is 1.58 bits per heavy atom. The van der Waals surface area contributed by atoms with Crippen molar-refractivity contribution in [3.05, 3.63) is 36.2 Å². The summed E-state index contributed by atoms with van der Waals surface area (Å²) in [4.78, 5) is 14.3. The molecule has 2 N–H and O–H groups in total. The van der Waals surface area contributed by atoms with Crippen LogP contribution in [0.3, 0.4) is 0 Å². The Kier molecular flexibility index (Phi) is 2.98. The van der Waals surface area contributed by atoms with Gasteiger partial charge in [0.25, 0.3) is 5.91 Å². The van der Waals surface area contributed by atoms with Crippen LogP contribution in [-0.4, -0.2) is 40.1 Å². The van der Waals surface area contributed by atoms with Crippen molar-refractivity contribution < 1.29 is 4.79 Å². The minimum atomic E-state index is 0.00329. The fraction of sp³-hybridized carbons (Fsp3) is 0.429. The number of rotatable bonds is 4. The summed E-state index contributed by atoms with van der Waals surface area (Å²) in [5.74, 6) is 0.573. The molecule has 1 amide bonds. The van der Waals surface area contributed by atoms with Gasteiger partial charge in [0.05, 0.1) is 17.3 Å². The number of fused-ring (bicyclic) bond motifs is 1. The maximum atomic E-state index is 12.6. The Bertz CT molecular complexity index is 602. The third-order valence-corrected chi connectivity index (χ3v) is 3.88. The van der Waals surface area contributed by atoms with Gasteiger partial charge in [0, 0.05) is 25.8 Å². The molecule has 1 unspecified atom stereocenters.